The molecule has 0 fully saturated rings. The number of hydrogen-bond donors (Lipinski definition) is 3. The summed E-state index contributed by atoms with van der Waals surface area (Å²) >= 11 is 0. The van der Waals surface area contributed by atoms with Gasteiger partial charge in [0.05, 0.1) is 25.5 Å². The van der Waals surface area contributed by atoms with Crippen molar-refractivity contribution < 1.29 is 60.0 Å². The lowest BCUT2D eigenvalue weighted by atomic mass is 10.1. The second kappa shape index (κ2) is 14.5. The molecule has 2 heterocycles. The van der Waals surface area contributed by atoms with Gasteiger partial charge in [0.15, 0.2) is 0 Å². The zero-order valence-corrected chi connectivity index (χ0v) is 19.3. The molecule has 1 unspecified atom stereocenters. The van der Waals surface area contributed by atoms with E-state index < -0.39 is 24.3 Å². The minimum Gasteiger partial charge on any atom is -0.475 e. The molecule has 0 amide bonds. The molecule has 0 bridgehead atoms. The summed E-state index contributed by atoms with van der Waals surface area (Å²) < 4.78 is 89.2. The molecule has 0 spiro atoms. The molecule has 0 aliphatic carbocycles. The van der Waals surface area contributed by atoms with Gasteiger partial charge in [0.2, 0.25) is 0 Å². The number of nitrogens with one attached hydrogen (secondary N) is 1. The standard InChI is InChI=1S/C17H22FN3O2.2C2HF3O2/c1-22-9-7-21-12-14-6-8-23-16(17(14)20-21)11-19-10-13-2-4-15(18)5-3-13;2*3-2(4,5)1(6)7/h2-5,12,16,19H,6-11H2,1H3;2*(H,6,7). The van der Waals surface area contributed by atoms with Gasteiger partial charge in [0.25, 0.3) is 0 Å². The molecule has 0 radical (unpaired) electrons. The van der Waals surface area contributed by atoms with Crippen LogP contribution in [0.15, 0.2) is 30.5 Å². The van der Waals surface area contributed by atoms with E-state index >= 15 is 0 Å². The van der Waals surface area contributed by atoms with Gasteiger partial charge in [0, 0.05) is 26.4 Å². The Balaban J connectivity index is 0.000000404. The van der Waals surface area contributed by atoms with E-state index in [2.05, 4.69) is 16.6 Å². The maximum Gasteiger partial charge on any atom is 0.490 e. The summed E-state index contributed by atoms with van der Waals surface area (Å²) in [5.41, 5.74) is 3.31. The number of carboxylic acids is 2. The quantitative estimate of drug-likeness (QED) is 0.452. The highest BCUT2D eigenvalue weighted by Gasteiger charge is 2.38. The Morgan fingerprint density at radius 3 is 2.14 bits per heavy atom. The minimum absolute atomic E-state index is 0.0389. The van der Waals surface area contributed by atoms with Crippen LogP contribution in [0.2, 0.25) is 0 Å². The largest absolute Gasteiger partial charge is 0.490 e. The second-order valence-electron chi connectivity index (χ2n) is 7.27. The van der Waals surface area contributed by atoms with Crippen LogP contribution in [0, 0.1) is 5.82 Å². The van der Waals surface area contributed by atoms with Gasteiger partial charge in [-0.1, -0.05) is 12.1 Å². The number of methoxy groups -OCH3 is 1. The molecule has 0 saturated carbocycles. The van der Waals surface area contributed by atoms with Gasteiger partial charge < -0.3 is 25.0 Å². The van der Waals surface area contributed by atoms with E-state index in [1.165, 1.54) is 17.7 Å². The summed E-state index contributed by atoms with van der Waals surface area (Å²) in [4.78, 5) is 17.8. The van der Waals surface area contributed by atoms with Gasteiger partial charge in [-0.15, -0.1) is 0 Å². The first-order valence-corrected chi connectivity index (χ1v) is 10.4. The van der Waals surface area contributed by atoms with Crippen molar-refractivity contribution in [3.63, 3.8) is 0 Å². The third kappa shape index (κ3) is 12.0. The van der Waals surface area contributed by atoms with Crippen molar-refractivity contribution >= 4 is 11.9 Å². The van der Waals surface area contributed by atoms with Crippen LogP contribution in [0.3, 0.4) is 0 Å². The summed E-state index contributed by atoms with van der Waals surface area (Å²) in [6.45, 7) is 3.48. The minimum atomic E-state index is -5.08. The highest BCUT2D eigenvalue weighted by atomic mass is 19.4. The molecule has 3 N–H and O–H groups in total. The average Bonchev–Trinajstić information content (AvgIpc) is 3.22. The number of hydrogen-bond acceptors (Lipinski definition) is 6. The van der Waals surface area contributed by atoms with E-state index in [4.69, 9.17) is 29.3 Å². The molecule has 208 valence electrons. The molecule has 16 heteroatoms. The first kappa shape index (κ1) is 31.8. The van der Waals surface area contributed by atoms with Crippen LogP contribution >= 0.6 is 0 Å². The molecular weight excluding hydrogens is 523 g/mol. The molecular formula is C21H24F7N3O6. The topological polar surface area (TPSA) is 123 Å². The first-order chi connectivity index (χ1) is 17.1. The Morgan fingerprint density at radius 1 is 1.11 bits per heavy atom. The van der Waals surface area contributed by atoms with Crippen LogP contribution in [0.1, 0.15) is 22.9 Å². The fourth-order valence-corrected chi connectivity index (χ4v) is 2.74. The Kier molecular flexibility index (Phi) is 12.4. The van der Waals surface area contributed by atoms with Gasteiger partial charge in [-0.25, -0.2) is 14.0 Å². The smallest absolute Gasteiger partial charge is 0.475 e. The fraction of sp³-hybridized carbons (Fsp3) is 0.476. The summed E-state index contributed by atoms with van der Waals surface area (Å²) in [6.07, 6.45) is -7.22. The van der Waals surface area contributed by atoms with Crippen LogP contribution in [0.4, 0.5) is 30.7 Å². The van der Waals surface area contributed by atoms with E-state index in [1.807, 2.05) is 4.68 Å². The van der Waals surface area contributed by atoms with Gasteiger partial charge in [-0.3, -0.25) is 4.68 Å². The summed E-state index contributed by atoms with van der Waals surface area (Å²) in [5.74, 6) is -5.73. The summed E-state index contributed by atoms with van der Waals surface area (Å²) in [6, 6.07) is 6.53. The number of carboxylic acid groups (broad SMARTS) is 2. The predicted octanol–water partition coefficient (Wildman–Crippen LogP) is 3.34. The van der Waals surface area contributed by atoms with Crippen LogP contribution < -0.4 is 5.32 Å². The Hall–Kier alpha value is -3.24. The zero-order chi connectivity index (χ0) is 28.2. The maximum absolute atomic E-state index is 12.9. The van der Waals surface area contributed by atoms with Crippen molar-refractivity contribution in [1.82, 2.24) is 15.1 Å². The van der Waals surface area contributed by atoms with Crippen LogP contribution in [0.5, 0.6) is 0 Å². The summed E-state index contributed by atoms with van der Waals surface area (Å²) in [7, 11) is 1.69. The Labute approximate surface area is 205 Å². The lowest BCUT2D eigenvalue weighted by Gasteiger charge is -2.22. The van der Waals surface area contributed by atoms with E-state index in [9.17, 15) is 30.7 Å². The van der Waals surface area contributed by atoms with Gasteiger partial charge in [0.1, 0.15) is 11.9 Å². The third-order valence-corrected chi connectivity index (χ3v) is 4.45. The van der Waals surface area contributed by atoms with Gasteiger partial charge >= 0.3 is 24.3 Å². The van der Waals surface area contributed by atoms with Crippen LogP contribution in [0.25, 0.3) is 0 Å². The van der Waals surface area contributed by atoms with Crippen molar-refractivity contribution in [2.45, 2.75) is 38.0 Å². The van der Waals surface area contributed by atoms with Crippen molar-refractivity contribution in [3.8, 4) is 0 Å². The van der Waals surface area contributed by atoms with Crippen molar-refractivity contribution in [2.75, 3.05) is 26.9 Å². The normalized spacial score (nSPS) is 15.0. The lowest BCUT2D eigenvalue weighted by molar-refractivity contribution is -0.193. The molecule has 1 atom stereocenters. The Bertz CT molecular complexity index is 970. The van der Waals surface area contributed by atoms with Crippen molar-refractivity contribution in [2.24, 2.45) is 0 Å². The number of aromatic nitrogens is 2. The molecule has 1 aliphatic rings. The highest BCUT2D eigenvalue weighted by molar-refractivity contribution is 5.73. The number of carbonyl (C=O) groups is 2. The zero-order valence-electron chi connectivity index (χ0n) is 19.3. The van der Waals surface area contributed by atoms with Gasteiger partial charge in [-0.05, 0) is 29.7 Å². The monoisotopic (exact) mass is 547 g/mol. The molecule has 1 aromatic heterocycles. The van der Waals surface area contributed by atoms with E-state index in [0.717, 1.165) is 24.2 Å². The first-order valence-electron chi connectivity index (χ1n) is 10.4. The lowest BCUT2D eigenvalue weighted by Crippen LogP contribution is -2.27. The molecule has 1 aliphatic heterocycles. The van der Waals surface area contributed by atoms with Gasteiger partial charge in [-0.2, -0.15) is 31.4 Å². The number of fused-ring (bicyclic) bond motifs is 1. The van der Waals surface area contributed by atoms with E-state index in [0.29, 0.717) is 26.3 Å². The highest BCUT2D eigenvalue weighted by Crippen LogP contribution is 2.25. The number of halogens is 7. The molecule has 2 aromatic rings. The van der Waals surface area contributed by atoms with Crippen molar-refractivity contribution in [3.05, 3.63) is 53.1 Å². The summed E-state index contributed by atoms with van der Waals surface area (Å²) in [5, 5.41) is 22.2. The maximum atomic E-state index is 12.9. The van der Waals surface area contributed by atoms with Crippen molar-refractivity contribution in [1.29, 1.82) is 0 Å². The van der Waals surface area contributed by atoms with E-state index in [-0.39, 0.29) is 11.9 Å². The Morgan fingerprint density at radius 2 is 1.65 bits per heavy atom. The number of ether oxygens (including phenoxy) is 2. The number of rotatable bonds is 7. The molecule has 1 aromatic carbocycles. The molecule has 3 rings (SSSR count). The number of nitrogens with zero attached hydrogens (tertiary/aromatic N) is 2. The number of benzene rings is 1. The number of alkyl halides is 6. The SMILES string of the molecule is COCCn1cc2c(n1)C(CNCc1ccc(F)cc1)OCC2.O=C(O)C(F)(F)F.O=C(O)C(F)(F)F. The second-order valence-corrected chi connectivity index (χ2v) is 7.27. The molecule has 37 heavy (non-hydrogen) atoms. The predicted molar refractivity (Wildman–Crippen MR) is 112 cm³/mol. The molecule has 0 saturated heterocycles. The fourth-order valence-electron chi connectivity index (χ4n) is 2.74. The van der Waals surface area contributed by atoms with E-state index in [1.54, 1.807) is 19.2 Å². The van der Waals surface area contributed by atoms with Crippen LogP contribution in [-0.2, 0) is 38.6 Å². The molecule has 9 nitrogen and oxygen atoms in total. The third-order valence-electron chi connectivity index (χ3n) is 4.45. The average molecular weight is 547 g/mol. The number of aliphatic carboxylic acids is 2. The van der Waals surface area contributed by atoms with Crippen LogP contribution in [-0.4, -0.2) is 71.2 Å².